The number of fused-ring (bicyclic) bond motifs is 1. The molecule has 1 aromatic rings. The Morgan fingerprint density at radius 1 is 1.13 bits per heavy atom. The molecule has 5 nitrogen and oxygen atoms in total. The Hall–Kier alpha value is -2.17. The molecule has 1 aromatic carbocycles. The average molecular weight is 314 g/mol. The van der Waals surface area contributed by atoms with Crippen LogP contribution in [0.15, 0.2) is 18.2 Å². The van der Waals surface area contributed by atoms with Gasteiger partial charge in [-0.25, -0.2) is 0 Å². The molecule has 1 heterocycles. The fraction of sp³-hybridized carbons (Fsp3) is 0.500. The van der Waals surface area contributed by atoms with Gasteiger partial charge in [0.25, 0.3) is 11.8 Å². The summed E-state index contributed by atoms with van der Waals surface area (Å²) < 4.78 is 0. The van der Waals surface area contributed by atoms with E-state index in [9.17, 15) is 14.4 Å². The molecule has 1 aliphatic heterocycles. The van der Waals surface area contributed by atoms with Gasteiger partial charge in [0.2, 0.25) is 5.91 Å². The first-order chi connectivity index (χ1) is 11.1. The summed E-state index contributed by atoms with van der Waals surface area (Å²) in [6, 6.07) is 4.88. The smallest absolute Gasteiger partial charge is 0.261 e. The zero-order valence-corrected chi connectivity index (χ0v) is 13.4. The van der Waals surface area contributed by atoms with Crippen molar-refractivity contribution < 1.29 is 14.4 Å². The van der Waals surface area contributed by atoms with Crippen LogP contribution in [0.5, 0.6) is 0 Å². The fourth-order valence-corrected chi connectivity index (χ4v) is 3.47. The van der Waals surface area contributed by atoms with Crippen LogP contribution in [0.1, 0.15) is 65.7 Å². The van der Waals surface area contributed by atoms with Crippen molar-refractivity contribution in [3.63, 3.8) is 0 Å². The van der Waals surface area contributed by atoms with Gasteiger partial charge in [-0.1, -0.05) is 32.1 Å². The molecule has 5 heteroatoms. The standard InChI is InChI=1S/C18H22N2O3/c1-20-17(22)14-9-8-13(11-15(14)18(20)23)19-16(21)10-7-12-5-3-2-4-6-12/h8-9,11-12H,2-7,10H2,1H3,(H,19,21). The van der Waals surface area contributed by atoms with Crippen molar-refractivity contribution in [2.75, 3.05) is 12.4 Å². The van der Waals surface area contributed by atoms with Crippen molar-refractivity contribution in [1.29, 1.82) is 0 Å². The van der Waals surface area contributed by atoms with Crippen LogP contribution in [0.3, 0.4) is 0 Å². The highest BCUT2D eigenvalue weighted by molar-refractivity contribution is 6.21. The number of nitrogens with one attached hydrogen (secondary N) is 1. The van der Waals surface area contributed by atoms with Crippen LogP contribution in [0.25, 0.3) is 0 Å². The van der Waals surface area contributed by atoms with Crippen molar-refractivity contribution in [3.8, 4) is 0 Å². The van der Waals surface area contributed by atoms with E-state index in [0.717, 1.165) is 11.3 Å². The molecule has 1 N–H and O–H groups in total. The summed E-state index contributed by atoms with van der Waals surface area (Å²) in [5, 5.41) is 2.84. The Balaban J connectivity index is 1.59. The van der Waals surface area contributed by atoms with Crippen LogP contribution in [-0.4, -0.2) is 29.7 Å². The highest BCUT2D eigenvalue weighted by Gasteiger charge is 2.32. The third-order valence-corrected chi connectivity index (χ3v) is 4.88. The maximum absolute atomic E-state index is 12.1. The lowest BCUT2D eigenvalue weighted by Gasteiger charge is -2.21. The summed E-state index contributed by atoms with van der Waals surface area (Å²) in [7, 11) is 1.47. The first-order valence-corrected chi connectivity index (χ1v) is 8.32. The van der Waals surface area contributed by atoms with Gasteiger partial charge in [-0.05, 0) is 30.5 Å². The van der Waals surface area contributed by atoms with Crippen molar-refractivity contribution in [2.24, 2.45) is 5.92 Å². The average Bonchev–Trinajstić information content (AvgIpc) is 2.78. The van der Waals surface area contributed by atoms with E-state index in [1.807, 2.05) is 0 Å². The van der Waals surface area contributed by atoms with E-state index in [1.54, 1.807) is 18.2 Å². The molecule has 3 amide bonds. The van der Waals surface area contributed by atoms with Crippen LogP contribution in [0.2, 0.25) is 0 Å². The number of carbonyl (C=O) groups is 3. The summed E-state index contributed by atoms with van der Waals surface area (Å²) in [5.74, 6) is 0.0338. The Kier molecular flexibility index (Phi) is 4.46. The molecular weight excluding hydrogens is 292 g/mol. The third kappa shape index (κ3) is 3.28. The number of nitrogens with zero attached hydrogens (tertiary/aromatic N) is 1. The number of anilines is 1. The molecule has 0 saturated heterocycles. The summed E-state index contributed by atoms with van der Waals surface area (Å²) in [4.78, 5) is 37.0. The second-order valence-corrected chi connectivity index (χ2v) is 6.52. The molecule has 1 saturated carbocycles. The maximum Gasteiger partial charge on any atom is 0.261 e. The van der Waals surface area contributed by atoms with Crippen LogP contribution in [0.4, 0.5) is 5.69 Å². The van der Waals surface area contributed by atoms with Gasteiger partial charge in [-0.15, -0.1) is 0 Å². The number of imide groups is 1. The van der Waals surface area contributed by atoms with E-state index in [1.165, 1.54) is 39.2 Å². The molecule has 23 heavy (non-hydrogen) atoms. The minimum absolute atomic E-state index is 0.0272. The maximum atomic E-state index is 12.1. The molecule has 0 aromatic heterocycles. The number of rotatable bonds is 4. The molecule has 3 rings (SSSR count). The quantitative estimate of drug-likeness (QED) is 0.868. The fourth-order valence-electron chi connectivity index (χ4n) is 3.47. The van der Waals surface area contributed by atoms with E-state index in [0.29, 0.717) is 29.2 Å². The molecule has 0 bridgehead atoms. The van der Waals surface area contributed by atoms with Gasteiger partial charge in [-0.2, -0.15) is 0 Å². The van der Waals surface area contributed by atoms with Gasteiger partial charge in [0.05, 0.1) is 11.1 Å². The Morgan fingerprint density at radius 3 is 2.57 bits per heavy atom. The Labute approximate surface area is 136 Å². The van der Waals surface area contributed by atoms with Gasteiger partial charge in [0.15, 0.2) is 0 Å². The topological polar surface area (TPSA) is 66.5 Å². The van der Waals surface area contributed by atoms with Crippen molar-refractivity contribution in [1.82, 2.24) is 4.90 Å². The minimum Gasteiger partial charge on any atom is -0.326 e. The third-order valence-electron chi connectivity index (χ3n) is 4.88. The molecule has 0 atom stereocenters. The zero-order valence-electron chi connectivity index (χ0n) is 13.4. The summed E-state index contributed by atoms with van der Waals surface area (Å²) >= 11 is 0. The summed E-state index contributed by atoms with van der Waals surface area (Å²) in [5.41, 5.74) is 1.34. The summed E-state index contributed by atoms with van der Waals surface area (Å²) in [6.45, 7) is 0. The molecule has 1 aliphatic carbocycles. The molecule has 0 spiro atoms. The van der Waals surface area contributed by atoms with Gasteiger partial charge in [0.1, 0.15) is 0 Å². The highest BCUT2D eigenvalue weighted by atomic mass is 16.2. The zero-order chi connectivity index (χ0) is 16.4. The van der Waals surface area contributed by atoms with Crippen LogP contribution < -0.4 is 5.32 Å². The second-order valence-electron chi connectivity index (χ2n) is 6.52. The second kappa shape index (κ2) is 6.52. The van der Waals surface area contributed by atoms with E-state index < -0.39 is 0 Å². The van der Waals surface area contributed by atoms with E-state index >= 15 is 0 Å². The molecule has 2 aliphatic rings. The lowest BCUT2D eigenvalue weighted by atomic mass is 9.86. The van der Waals surface area contributed by atoms with E-state index in [-0.39, 0.29) is 17.7 Å². The SMILES string of the molecule is CN1C(=O)c2ccc(NC(=O)CCC3CCCCC3)cc2C1=O. The first-order valence-electron chi connectivity index (χ1n) is 8.32. The molecule has 0 unspecified atom stereocenters. The van der Waals surface area contributed by atoms with Crippen LogP contribution >= 0.6 is 0 Å². The minimum atomic E-state index is -0.316. The summed E-state index contributed by atoms with van der Waals surface area (Å²) in [6.07, 6.45) is 7.77. The number of hydrogen-bond donors (Lipinski definition) is 1. The molecular formula is C18H22N2O3. The molecule has 0 radical (unpaired) electrons. The Bertz CT molecular complexity index is 648. The predicted octanol–water partition coefficient (Wildman–Crippen LogP) is 3.21. The van der Waals surface area contributed by atoms with E-state index in [2.05, 4.69) is 5.32 Å². The lowest BCUT2D eigenvalue weighted by molar-refractivity contribution is -0.116. The lowest BCUT2D eigenvalue weighted by Crippen LogP contribution is -2.24. The van der Waals surface area contributed by atoms with Crippen LogP contribution in [0, 0.1) is 5.92 Å². The number of hydrogen-bond acceptors (Lipinski definition) is 3. The van der Waals surface area contributed by atoms with Crippen molar-refractivity contribution >= 4 is 23.4 Å². The van der Waals surface area contributed by atoms with Crippen molar-refractivity contribution in [2.45, 2.75) is 44.9 Å². The van der Waals surface area contributed by atoms with Gasteiger partial charge >= 0.3 is 0 Å². The number of carbonyl (C=O) groups excluding carboxylic acids is 3. The normalized spacial score (nSPS) is 18.2. The number of amides is 3. The van der Waals surface area contributed by atoms with Crippen molar-refractivity contribution in [3.05, 3.63) is 29.3 Å². The largest absolute Gasteiger partial charge is 0.326 e. The Morgan fingerprint density at radius 2 is 1.83 bits per heavy atom. The monoisotopic (exact) mass is 314 g/mol. The van der Waals surface area contributed by atoms with Gasteiger partial charge in [0, 0.05) is 19.2 Å². The van der Waals surface area contributed by atoms with Gasteiger partial charge < -0.3 is 5.32 Å². The van der Waals surface area contributed by atoms with Crippen LogP contribution in [-0.2, 0) is 4.79 Å². The molecule has 1 fully saturated rings. The first kappa shape index (κ1) is 15.7. The number of benzene rings is 1. The molecule has 122 valence electrons. The van der Waals surface area contributed by atoms with E-state index in [4.69, 9.17) is 0 Å². The predicted molar refractivity (Wildman–Crippen MR) is 87.3 cm³/mol. The highest BCUT2D eigenvalue weighted by Crippen LogP contribution is 2.28. The van der Waals surface area contributed by atoms with Gasteiger partial charge in [-0.3, -0.25) is 19.3 Å².